The zero-order valence-electron chi connectivity index (χ0n) is 14.2. The molecule has 0 spiro atoms. The molecule has 1 aliphatic carbocycles. The highest BCUT2D eigenvalue weighted by atomic mass is 16.2. The molecule has 4 heteroatoms. The average molecular weight is 307 g/mol. The van der Waals surface area contributed by atoms with Crippen molar-refractivity contribution in [2.45, 2.75) is 64.3 Å². The van der Waals surface area contributed by atoms with Gasteiger partial charge < -0.3 is 15.1 Å². The van der Waals surface area contributed by atoms with Gasteiger partial charge in [0.2, 0.25) is 0 Å². The third kappa shape index (κ3) is 4.37. The van der Waals surface area contributed by atoms with Crippen molar-refractivity contribution in [3.05, 3.63) is 0 Å². The standard InChI is InChI=1S/C18H33N3O/c1-15-5-4-10-21(13-15)18(22)19-17-8-11-20(12-9-17)14-16-6-2-3-7-16/h15-17H,2-14H2,1H3,(H,19,22). The van der Waals surface area contributed by atoms with Crippen molar-refractivity contribution in [1.29, 1.82) is 0 Å². The molecule has 0 radical (unpaired) electrons. The predicted octanol–water partition coefficient (Wildman–Crippen LogP) is 3.08. The Morgan fingerprint density at radius 1 is 1.00 bits per heavy atom. The number of amides is 2. The first-order valence-electron chi connectivity index (χ1n) is 9.48. The molecule has 3 rings (SSSR count). The number of urea groups is 1. The minimum absolute atomic E-state index is 0.181. The van der Waals surface area contributed by atoms with Gasteiger partial charge in [0.1, 0.15) is 0 Å². The highest BCUT2D eigenvalue weighted by Gasteiger charge is 2.26. The molecule has 0 bridgehead atoms. The second-order valence-electron chi connectivity index (χ2n) is 7.87. The zero-order valence-corrected chi connectivity index (χ0v) is 14.2. The van der Waals surface area contributed by atoms with Crippen LogP contribution in [0.2, 0.25) is 0 Å². The molecule has 1 unspecified atom stereocenters. The Morgan fingerprint density at radius 3 is 2.41 bits per heavy atom. The van der Waals surface area contributed by atoms with Crippen LogP contribution in [0.15, 0.2) is 0 Å². The Hall–Kier alpha value is -0.770. The van der Waals surface area contributed by atoms with Crippen molar-refractivity contribution in [1.82, 2.24) is 15.1 Å². The van der Waals surface area contributed by atoms with E-state index in [-0.39, 0.29) is 6.03 Å². The van der Waals surface area contributed by atoms with Gasteiger partial charge in [0.05, 0.1) is 0 Å². The molecular formula is C18H33N3O. The number of nitrogens with zero attached hydrogens (tertiary/aromatic N) is 2. The highest BCUT2D eigenvalue weighted by Crippen LogP contribution is 2.26. The van der Waals surface area contributed by atoms with E-state index in [1.165, 1.54) is 38.6 Å². The van der Waals surface area contributed by atoms with E-state index in [4.69, 9.17) is 0 Å². The summed E-state index contributed by atoms with van der Waals surface area (Å²) in [6.07, 6.45) is 10.4. The van der Waals surface area contributed by atoms with Gasteiger partial charge in [0, 0.05) is 38.8 Å². The summed E-state index contributed by atoms with van der Waals surface area (Å²) in [5.74, 6) is 1.61. The van der Waals surface area contributed by atoms with Crippen LogP contribution < -0.4 is 5.32 Å². The van der Waals surface area contributed by atoms with E-state index in [9.17, 15) is 4.79 Å². The summed E-state index contributed by atoms with van der Waals surface area (Å²) in [6.45, 7) is 7.75. The quantitative estimate of drug-likeness (QED) is 0.870. The van der Waals surface area contributed by atoms with E-state index in [0.717, 1.165) is 51.4 Å². The van der Waals surface area contributed by atoms with E-state index in [1.54, 1.807) is 0 Å². The van der Waals surface area contributed by atoms with Crippen LogP contribution in [0.5, 0.6) is 0 Å². The van der Waals surface area contributed by atoms with Crippen LogP contribution >= 0.6 is 0 Å². The number of hydrogen-bond donors (Lipinski definition) is 1. The second kappa shape index (κ2) is 7.67. The monoisotopic (exact) mass is 307 g/mol. The van der Waals surface area contributed by atoms with Gasteiger partial charge >= 0.3 is 6.03 Å². The van der Waals surface area contributed by atoms with Gasteiger partial charge in [-0.1, -0.05) is 19.8 Å². The molecule has 1 N–H and O–H groups in total. The molecule has 1 atom stereocenters. The van der Waals surface area contributed by atoms with Crippen molar-refractivity contribution in [2.24, 2.45) is 11.8 Å². The lowest BCUT2D eigenvalue weighted by molar-refractivity contribution is 0.148. The molecule has 22 heavy (non-hydrogen) atoms. The van der Waals surface area contributed by atoms with E-state index in [0.29, 0.717) is 12.0 Å². The van der Waals surface area contributed by atoms with Crippen molar-refractivity contribution in [3.63, 3.8) is 0 Å². The molecule has 3 aliphatic rings. The lowest BCUT2D eigenvalue weighted by atomic mass is 10.0. The van der Waals surface area contributed by atoms with Gasteiger partial charge in [-0.25, -0.2) is 4.79 Å². The van der Waals surface area contributed by atoms with Crippen LogP contribution in [0, 0.1) is 11.8 Å². The van der Waals surface area contributed by atoms with Gasteiger partial charge in [0.15, 0.2) is 0 Å². The molecule has 2 aliphatic heterocycles. The first-order valence-corrected chi connectivity index (χ1v) is 9.48. The number of rotatable bonds is 3. The van der Waals surface area contributed by atoms with Gasteiger partial charge in [-0.3, -0.25) is 0 Å². The van der Waals surface area contributed by atoms with Gasteiger partial charge in [-0.15, -0.1) is 0 Å². The van der Waals surface area contributed by atoms with Crippen LogP contribution in [-0.2, 0) is 0 Å². The first kappa shape index (κ1) is 16.1. The average Bonchev–Trinajstić information content (AvgIpc) is 3.02. The minimum Gasteiger partial charge on any atom is -0.335 e. The van der Waals surface area contributed by atoms with Crippen LogP contribution in [0.1, 0.15) is 58.3 Å². The fourth-order valence-electron chi connectivity index (χ4n) is 4.46. The third-order valence-corrected chi connectivity index (χ3v) is 5.85. The summed E-state index contributed by atoms with van der Waals surface area (Å²) in [5, 5.41) is 3.28. The van der Waals surface area contributed by atoms with Gasteiger partial charge in [-0.05, 0) is 50.4 Å². The Morgan fingerprint density at radius 2 is 1.73 bits per heavy atom. The molecule has 2 amide bonds. The third-order valence-electron chi connectivity index (χ3n) is 5.85. The maximum Gasteiger partial charge on any atom is 0.317 e. The topological polar surface area (TPSA) is 35.6 Å². The summed E-state index contributed by atoms with van der Waals surface area (Å²) in [7, 11) is 0. The normalized spacial score (nSPS) is 29.0. The number of hydrogen-bond acceptors (Lipinski definition) is 2. The van der Waals surface area contributed by atoms with Crippen molar-refractivity contribution < 1.29 is 4.79 Å². The molecule has 2 saturated heterocycles. The Bertz CT molecular complexity index is 359. The lowest BCUT2D eigenvalue weighted by Gasteiger charge is -2.36. The molecule has 4 nitrogen and oxygen atoms in total. The van der Waals surface area contributed by atoms with Crippen LogP contribution in [0.4, 0.5) is 4.79 Å². The van der Waals surface area contributed by atoms with Crippen LogP contribution in [-0.4, -0.2) is 54.6 Å². The van der Waals surface area contributed by atoms with E-state index in [2.05, 4.69) is 17.1 Å². The molecule has 2 heterocycles. The summed E-state index contributed by atoms with van der Waals surface area (Å²) < 4.78 is 0. The number of nitrogens with one attached hydrogen (secondary N) is 1. The maximum atomic E-state index is 12.4. The van der Waals surface area contributed by atoms with Crippen molar-refractivity contribution >= 4 is 6.03 Å². The number of likely N-dealkylation sites (tertiary alicyclic amines) is 2. The maximum absolute atomic E-state index is 12.4. The predicted molar refractivity (Wildman–Crippen MR) is 89.9 cm³/mol. The lowest BCUT2D eigenvalue weighted by Crippen LogP contribution is -2.51. The van der Waals surface area contributed by atoms with Gasteiger partial charge in [0.25, 0.3) is 0 Å². The molecular weight excluding hydrogens is 274 g/mol. The zero-order chi connectivity index (χ0) is 15.4. The van der Waals surface area contributed by atoms with Crippen molar-refractivity contribution in [3.8, 4) is 0 Å². The Balaban J connectivity index is 1.37. The van der Waals surface area contributed by atoms with Crippen molar-refractivity contribution in [2.75, 3.05) is 32.7 Å². The van der Waals surface area contributed by atoms with Gasteiger partial charge in [-0.2, -0.15) is 0 Å². The molecule has 0 aromatic heterocycles. The fraction of sp³-hybridized carbons (Fsp3) is 0.944. The summed E-state index contributed by atoms with van der Waals surface area (Å²) in [4.78, 5) is 17.0. The number of carbonyl (C=O) groups is 1. The number of piperidine rings is 2. The molecule has 0 aromatic carbocycles. The van der Waals surface area contributed by atoms with Crippen LogP contribution in [0.25, 0.3) is 0 Å². The van der Waals surface area contributed by atoms with E-state index >= 15 is 0 Å². The molecule has 126 valence electrons. The molecule has 1 saturated carbocycles. The summed E-state index contributed by atoms with van der Waals surface area (Å²) in [5.41, 5.74) is 0. The molecule has 3 fully saturated rings. The minimum atomic E-state index is 0.181. The fourth-order valence-corrected chi connectivity index (χ4v) is 4.46. The second-order valence-corrected chi connectivity index (χ2v) is 7.87. The SMILES string of the molecule is CC1CCCN(C(=O)NC2CCN(CC3CCCC3)CC2)C1. The largest absolute Gasteiger partial charge is 0.335 e. The van der Waals surface area contributed by atoms with E-state index < -0.39 is 0 Å². The van der Waals surface area contributed by atoms with E-state index in [1.807, 2.05) is 4.90 Å². The Kier molecular flexibility index (Phi) is 5.61. The first-order chi connectivity index (χ1) is 10.7. The number of carbonyl (C=O) groups excluding carboxylic acids is 1. The van der Waals surface area contributed by atoms with Crippen LogP contribution in [0.3, 0.4) is 0 Å². The summed E-state index contributed by atoms with van der Waals surface area (Å²) >= 11 is 0. The smallest absolute Gasteiger partial charge is 0.317 e. The molecule has 0 aromatic rings. The highest BCUT2D eigenvalue weighted by molar-refractivity contribution is 5.74. The Labute approximate surface area is 135 Å². The summed E-state index contributed by atoms with van der Waals surface area (Å²) in [6, 6.07) is 0.574.